The van der Waals surface area contributed by atoms with E-state index in [4.69, 9.17) is 9.47 Å². The first kappa shape index (κ1) is 19.2. The molecule has 2 rings (SSSR count). The average molecular weight is 349 g/mol. The molecule has 0 spiro atoms. The zero-order chi connectivity index (χ0) is 18.2. The number of nitrogens with zero attached hydrogens (tertiary/aromatic N) is 1. The number of hydrogen-bond donors (Lipinski definition) is 2. The van der Waals surface area contributed by atoms with E-state index in [2.05, 4.69) is 22.5 Å². The molecule has 1 aromatic rings. The van der Waals surface area contributed by atoms with Crippen molar-refractivity contribution in [3.05, 3.63) is 18.2 Å². The van der Waals surface area contributed by atoms with Gasteiger partial charge in [-0.3, -0.25) is 14.5 Å². The average Bonchev–Trinajstić information content (AvgIpc) is 2.56. The third-order valence-corrected chi connectivity index (χ3v) is 4.16. The van der Waals surface area contributed by atoms with Gasteiger partial charge in [0.25, 0.3) is 0 Å². The number of likely N-dealkylation sites (tertiary alicyclic amines) is 1. The first-order valence-corrected chi connectivity index (χ1v) is 8.51. The molecule has 1 heterocycles. The summed E-state index contributed by atoms with van der Waals surface area (Å²) in [6, 6.07) is 5.12. The number of rotatable bonds is 7. The molecule has 1 atom stereocenters. The van der Waals surface area contributed by atoms with Gasteiger partial charge < -0.3 is 20.1 Å². The SMILES string of the molecule is COCC(=O)Nc1ccc(OC)cc1NC(=O)CN1CCCC(C)C1. The highest BCUT2D eigenvalue weighted by Gasteiger charge is 2.19. The Morgan fingerprint density at radius 1 is 1.20 bits per heavy atom. The van der Waals surface area contributed by atoms with Crippen molar-refractivity contribution in [2.45, 2.75) is 19.8 Å². The van der Waals surface area contributed by atoms with Gasteiger partial charge in [0.1, 0.15) is 12.4 Å². The predicted octanol–water partition coefficient (Wildman–Crippen LogP) is 1.95. The van der Waals surface area contributed by atoms with E-state index < -0.39 is 0 Å². The van der Waals surface area contributed by atoms with E-state index in [9.17, 15) is 9.59 Å². The molecule has 25 heavy (non-hydrogen) atoms. The van der Waals surface area contributed by atoms with Crippen LogP contribution in [0.4, 0.5) is 11.4 Å². The van der Waals surface area contributed by atoms with Crippen LogP contribution in [0.5, 0.6) is 5.75 Å². The lowest BCUT2D eigenvalue weighted by molar-refractivity contribution is -0.120. The maximum Gasteiger partial charge on any atom is 0.250 e. The molecule has 1 aromatic carbocycles. The molecule has 7 heteroatoms. The molecule has 1 fully saturated rings. The van der Waals surface area contributed by atoms with Crippen molar-refractivity contribution in [1.29, 1.82) is 0 Å². The van der Waals surface area contributed by atoms with Crippen molar-refractivity contribution >= 4 is 23.2 Å². The normalized spacial score (nSPS) is 17.8. The molecule has 1 saturated heterocycles. The Morgan fingerprint density at radius 2 is 1.96 bits per heavy atom. The molecule has 0 radical (unpaired) electrons. The number of hydrogen-bond acceptors (Lipinski definition) is 5. The summed E-state index contributed by atoms with van der Waals surface area (Å²) in [6.45, 7) is 4.36. The first-order chi connectivity index (χ1) is 12.0. The van der Waals surface area contributed by atoms with Gasteiger partial charge in [0.05, 0.1) is 25.0 Å². The second-order valence-corrected chi connectivity index (χ2v) is 6.42. The van der Waals surface area contributed by atoms with Crippen molar-refractivity contribution in [2.75, 3.05) is 51.1 Å². The number of amides is 2. The second kappa shape index (κ2) is 9.39. The van der Waals surface area contributed by atoms with Gasteiger partial charge in [-0.05, 0) is 37.4 Å². The molecular weight excluding hydrogens is 322 g/mol. The highest BCUT2D eigenvalue weighted by molar-refractivity contribution is 6.00. The van der Waals surface area contributed by atoms with Crippen LogP contribution in [-0.2, 0) is 14.3 Å². The summed E-state index contributed by atoms with van der Waals surface area (Å²) in [4.78, 5) is 26.3. The highest BCUT2D eigenvalue weighted by atomic mass is 16.5. The Hall–Kier alpha value is -2.12. The van der Waals surface area contributed by atoms with Crippen molar-refractivity contribution in [3.63, 3.8) is 0 Å². The fourth-order valence-electron chi connectivity index (χ4n) is 3.00. The number of ether oxygens (including phenoxy) is 2. The molecule has 1 unspecified atom stereocenters. The molecule has 0 aliphatic carbocycles. The Labute approximate surface area is 148 Å². The van der Waals surface area contributed by atoms with Gasteiger partial charge >= 0.3 is 0 Å². The summed E-state index contributed by atoms with van der Waals surface area (Å²) in [5.74, 6) is 0.825. The van der Waals surface area contributed by atoms with E-state index in [1.807, 2.05) is 0 Å². The van der Waals surface area contributed by atoms with Crippen LogP contribution in [0.1, 0.15) is 19.8 Å². The van der Waals surface area contributed by atoms with E-state index in [-0.39, 0.29) is 18.4 Å². The van der Waals surface area contributed by atoms with Gasteiger partial charge in [-0.15, -0.1) is 0 Å². The number of carbonyl (C=O) groups is 2. The van der Waals surface area contributed by atoms with E-state index in [0.717, 1.165) is 19.5 Å². The zero-order valence-electron chi connectivity index (χ0n) is 15.1. The van der Waals surface area contributed by atoms with Gasteiger partial charge in [0.15, 0.2) is 0 Å². The molecule has 138 valence electrons. The van der Waals surface area contributed by atoms with Crippen LogP contribution in [0.2, 0.25) is 0 Å². The third kappa shape index (κ3) is 6.03. The Morgan fingerprint density at radius 3 is 2.64 bits per heavy atom. The van der Waals surface area contributed by atoms with Gasteiger partial charge in [-0.2, -0.15) is 0 Å². The van der Waals surface area contributed by atoms with E-state index >= 15 is 0 Å². The summed E-state index contributed by atoms with van der Waals surface area (Å²) in [5.41, 5.74) is 1.03. The standard InChI is InChI=1S/C18H27N3O4/c1-13-5-4-8-21(10-13)11-17(22)20-16-9-14(25-3)6-7-15(16)19-18(23)12-24-2/h6-7,9,13H,4-5,8,10-12H2,1-3H3,(H,19,23)(H,20,22). The largest absolute Gasteiger partial charge is 0.497 e. The Bertz CT molecular complexity index is 606. The van der Waals surface area contributed by atoms with Gasteiger partial charge in [-0.1, -0.05) is 6.92 Å². The van der Waals surface area contributed by atoms with Gasteiger partial charge in [0, 0.05) is 19.7 Å². The zero-order valence-corrected chi connectivity index (χ0v) is 15.1. The minimum Gasteiger partial charge on any atom is -0.497 e. The number of piperidine rings is 1. The maximum absolute atomic E-state index is 12.4. The number of nitrogens with one attached hydrogen (secondary N) is 2. The molecule has 0 bridgehead atoms. The third-order valence-electron chi connectivity index (χ3n) is 4.16. The fourth-order valence-corrected chi connectivity index (χ4v) is 3.00. The van der Waals surface area contributed by atoms with Crippen LogP contribution >= 0.6 is 0 Å². The van der Waals surface area contributed by atoms with Crippen LogP contribution in [-0.4, -0.2) is 57.2 Å². The summed E-state index contributed by atoms with van der Waals surface area (Å²) >= 11 is 0. The minimum atomic E-state index is -0.284. The van der Waals surface area contributed by atoms with Crippen LogP contribution < -0.4 is 15.4 Å². The minimum absolute atomic E-state index is 0.0505. The molecule has 2 N–H and O–H groups in total. The number of anilines is 2. The number of benzene rings is 1. The van der Waals surface area contributed by atoms with Crippen LogP contribution in [0, 0.1) is 5.92 Å². The smallest absolute Gasteiger partial charge is 0.250 e. The Kier molecular flexibility index (Phi) is 7.21. The van der Waals surface area contributed by atoms with Crippen molar-refractivity contribution in [3.8, 4) is 5.75 Å². The molecule has 0 aromatic heterocycles. The second-order valence-electron chi connectivity index (χ2n) is 6.42. The highest BCUT2D eigenvalue weighted by Crippen LogP contribution is 2.27. The molecule has 2 amide bonds. The van der Waals surface area contributed by atoms with Crippen molar-refractivity contribution < 1.29 is 19.1 Å². The van der Waals surface area contributed by atoms with E-state index in [1.165, 1.54) is 13.5 Å². The summed E-state index contributed by atoms with van der Waals surface area (Å²) < 4.78 is 10.0. The molecular formula is C18H27N3O4. The monoisotopic (exact) mass is 349 g/mol. The van der Waals surface area contributed by atoms with Gasteiger partial charge in [0.2, 0.25) is 11.8 Å². The van der Waals surface area contributed by atoms with Gasteiger partial charge in [-0.25, -0.2) is 0 Å². The lowest BCUT2D eigenvalue weighted by atomic mass is 10.0. The summed E-state index contributed by atoms with van der Waals surface area (Å²) in [6.07, 6.45) is 2.33. The Balaban J connectivity index is 2.04. The van der Waals surface area contributed by atoms with E-state index in [1.54, 1.807) is 25.3 Å². The van der Waals surface area contributed by atoms with Crippen molar-refractivity contribution in [1.82, 2.24) is 4.90 Å². The lowest BCUT2D eigenvalue weighted by Gasteiger charge is -2.30. The number of carbonyl (C=O) groups excluding carboxylic acids is 2. The topological polar surface area (TPSA) is 79.9 Å². The summed E-state index contributed by atoms with van der Waals surface area (Å²) in [7, 11) is 3.01. The maximum atomic E-state index is 12.4. The number of methoxy groups -OCH3 is 2. The first-order valence-electron chi connectivity index (χ1n) is 8.51. The molecule has 1 aliphatic heterocycles. The quantitative estimate of drug-likeness (QED) is 0.786. The predicted molar refractivity (Wildman–Crippen MR) is 97.0 cm³/mol. The molecule has 7 nitrogen and oxygen atoms in total. The van der Waals surface area contributed by atoms with Crippen molar-refractivity contribution in [2.24, 2.45) is 5.92 Å². The molecule has 0 saturated carbocycles. The molecule has 1 aliphatic rings. The van der Waals surface area contributed by atoms with Crippen LogP contribution in [0.3, 0.4) is 0 Å². The van der Waals surface area contributed by atoms with Crippen LogP contribution in [0.25, 0.3) is 0 Å². The summed E-state index contributed by atoms with van der Waals surface area (Å²) in [5, 5.41) is 5.61. The van der Waals surface area contributed by atoms with Crippen LogP contribution in [0.15, 0.2) is 18.2 Å². The lowest BCUT2D eigenvalue weighted by Crippen LogP contribution is -2.39. The van der Waals surface area contributed by atoms with E-state index in [0.29, 0.717) is 29.6 Å². The fraction of sp³-hybridized carbons (Fsp3) is 0.556.